The second kappa shape index (κ2) is 14.3. The molecule has 0 saturated heterocycles. The normalized spacial score (nSPS) is 11.5. The molecule has 11 rings (SSSR count). The predicted molar refractivity (Wildman–Crippen MR) is 245 cm³/mol. The lowest BCUT2D eigenvalue weighted by atomic mass is 10.0. The van der Waals surface area contributed by atoms with Crippen molar-refractivity contribution in [2.24, 2.45) is 0 Å². The van der Waals surface area contributed by atoms with Crippen LogP contribution in [0.25, 0.3) is 71.8 Å². The zero-order valence-corrected chi connectivity index (χ0v) is 32.3. The van der Waals surface area contributed by atoms with Crippen molar-refractivity contribution < 1.29 is 0 Å². The van der Waals surface area contributed by atoms with Gasteiger partial charge in [-0.15, -0.1) is 0 Å². The van der Waals surface area contributed by atoms with E-state index in [1.54, 1.807) is 12.1 Å². The minimum atomic E-state index is -0.0259. The van der Waals surface area contributed by atoms with Gasteiger partial charge >= 0.3 is 0 Å². The lowest BCUT2D eigenvalue weighted by molar-refractivity contribution is 1.06. The second-order valence-electron chi connectivity index (χ2n) is 14.9. The van der Waals surface area contributed by atoms with Crippen molar-refractivity contribution in [1.29, 1.82) is 0 Å². The van der Waals surface area contributed by atoms with Crippen LogP contribution in [0.3, 0.4) is 0 Å². The van der Waals surface area contributed by atoms with E-state index in [2.05, 4.69) is 139 Å². The predicted octanol–water partition coefficient (Wildman–Crippen LogP) is 11.9. The molecule has 60 heavy (non-hydrogen) atoms. The molecule has 0 N–H and O–H groups in total. The summed E-state index contributed by atoms with van der Waals surface area (Å²) in [7, 11) is 0. The van der Waals surface area contributed by atoms with E-state index in [-0.39, 0.29) is 10.9 Å². The molecule has 0 amide bonds. The molecule has 7 nitrogen and oxygen atoms in total. The van der Waals surface area contributed by atoms with Crippen molar-refractivity contribution in [1.82, 2.24) is 18.7 Å². The van der Waals surface area contributed by atoms with E-state index >= 15 is 0 Å². The van der Waals surface area contributed by atoms with Gasteiger partial charge in [0.1, 0.15) is 0 Å². The van der Waals surface area contributed by atoms with Crippen LogP contribution < -0.4 is 15.8 Å². The molecule has 0 bridgehead atoms. The van der Waals surface area contributed by atoms with Gasteiger partial charge in [-0.1, -0.05) is 72.8 Å². The van der Waals surface area contributed by atoms with E-state index in [1.165, 1.54) is 0 Å². The van der Waals surface area contributed by atoms with Gasteiger partial charge < -0.3 is 18.6 Å². The highest BCUT2D eigenvalue weighted by atomic mass is 16.1. The van der Waals surface area contributed by atoms with Crippen molar-refractivity contribution in [2.45, 2.75) is 0 Å². The highest BCUT2D eigenvalue weighted by molar-refractivity contribution is 6.10. The Hall–Kier alpha value is -8.29. The van der Waals surface area contributed by atoms with Gasteiger partial charge in [0.25, 0.3) is 0 Å². The topological polar surface area (TPSA) is 65.1 Å². The summed E-state index contributed by atoms with van der Waals surface area (Å²) >= 11 is 0. The fourth-order valence-corrected chi connectivity index (χ4v) is 8.57. The molecule has 0 unspecified atom stereocenters. The average molecular weight is 774 g/mol. The third-order valence-electron chi connectivity index (χ3n) is 11.4. The maximum absolute atomic E-state index is 12.9. The van der Waals surface area contributed by atoms with Crippen molar-refractivity contribution in [3.63, 3.8) is 0 Å². The van der Waals surface area contributed by atoms with Crippen LogP contribution >= 0.6 is 0 Å². The lowest BCUT2D eigenvalue weighted by Crippen LogP contribution is -2.09. The van der Waals surface area contributed by atoms with Gasteiger partial charge in [0, 0.05) is 92.6 Å². The van der Waals surface area contributed by atoms with E-state index in [0.29, 0.717) is 10.8 Å². The molecule has 0 saturated carbocycles. The Kier molecular flexibility index (Phi) is 8.30. The van der Waals surface area contributed by atoms with E-state index in [4.69, 9.17) is 0 Å². The third-order valence-corrected chi connectivity index (χ3v) is 11.4. The Morgan fingerprint density at radius 3 is 1.53 bits per heavy atom. The van der Waals surface area contributed by atoms with Crippen molar-refractivity contribution in [3.8, 4) is 28.2 Å². The van der Waals surface area contributed by atoms with E-state index in [9.17, 15) is 9.59 Å². The van der Waals surface area contributed by atoms with Gasteiger partial charge in [-0.25, -0.2) is 0 Å². The summed E-state index contributed by atoms with van der Waals surface area (Å²) in [5.41, 5.74) is 11.7. The number of hydrogen-bond donors (Lipinski definition) is 0. The average Bonchev–Trinajstić information content (AvgIpc) is 3.64. The summed E-state index contributed by atoms with van der Waals surface area (Å²) in [4.78, 5) is 32.7. The molecule has 0 atom stereocenters. The van der Waals surface area contributed by atoms with Crippen LogP contribution in [0.4, 0.5) is 17.1 Å². The van der Waals surface area contributed by atoms with Gasteiger partial charge in [-0.3, -0.25) is 14.6 Å². The number of nitrogens with zero attached hydrogens (tertiary/aromatic N) is 5. The zero-order valence-electron chi connectivity index (χ0n) is 32.3. The molecule has 284 valence electrons. The minimum absolute atomic E-state index is 0.0259. The van der Waals surface area contributed by atoms with Gasteiger partial charge in [-0.05, 0) is 114 Å². The molecule has 0 radical (unpaired) electrons. The molecule has 0 fully saturated rings. The second-order valence-corrected chi connectivity index (χ2v) is 14.9. The maximum atomic E-state index is 12.9. The van der Waals surface area contributed by atoms with Crippen LogP contribution in [0.1, 0.15) is 0 Å². The standard InChI is InChI=1S/C53H35N5O2/c59-52-26-29-55(48-17-9-7-15-44(48)52)42-31-37(32-43(33-42)56-30-27-53(60)45-16-8-10-18-49(45)56)36-19-21-40(22-20-36)58-50-24-23-41(34-46(50)47-35-54-28-25-51(47)58)57(38-11-3-1-4-12-38)39-13-5-2-6-14-39/h1-35H. The number of aromatic nitrogens is 4. The first-order chi connectivity index (χ1) is 29.6. The molecule has 0 aliphatic heterocycles. The number of fused-ring (bicyclic) bond motifs is 5. The molecular formula is C53H35N5O2. The van der Waals surface area contributed by atoms with Crippen LogP contribution in [0.2, 0.25) is 0 Å². The first kappa shape index (κ1) is 34.9. The summed E-state index contributed by atoms with van der Waals surface area (Å²) in [6, 6.07) is 63.2. The van der Waals surface area contributed by atoms with Crippen LogP contribution in [0.15, 0.2) is 222 Å². The van der Waals surface area contributed by atoms with Crippen molar-refractivity contribution in [3.05, 3.63) is 233 Å². The molecule has 4 heterocycles. The van der Waals surface area contributed by atoms with E-state index in [0.717, 1.165) is 78.1 Å². The van der Waals surface area contributed by atoms with Crippen LogP contribution in [-0.2, 0) is 0 Å². The fraction of sp³-hybridized carbons (Fsp3) is 0. The molecule has 0 aliphatic rings. The first-order valence-electron chi connectivity index (χ1n) is 19.8. The quantitative estimate of drug-likeness (QED) is 0.162. The SMILES string of the molecule is O=c1ccn(-c2cc(-c3ccc(-n4c5ccncc5c5cc(N(c6ccccc6)c6ccccc6)ccc54)cc3)cc(-n3ccc(=O)c4ccccc43)c2)c2ccccc12. The molecule has 7 heteroatoms. The Bertz CT molecular complexity index is 3380. The first-order valence-corrected chi connectivity index (χ1v) is 19.8. The lowest BCUT2D eigenvalue weighted by Gasteiger charge is -2.25. The smallest absolute Gasteiger partial charge is 0.189 e. The molecular weight excluding hydrogens is 739 g/mol. The number of rotatable bonds is 7. The fourth-order valence-electron chi connectivity index (χ4n) is 8.57. The van der Waals surface area contributed by atoms with E-state index < -0.39 is 0 Å². The Morgan fingerprint density at radius 2 is 0.933 bits per heavy atom. The Labute approximate surface area is 344 Å². The molecule has 0 spiro atoms. The maximum Gasteiger partial charge on any atom is 0.189 e. The summed E-state index contributed by atoms with van der Waals surface area (Å²) < 4.78 is 6.41. The monoisotopic (exact) mass is 773 g/mol. The van der Waals surface area contributed by atoms with Gasteiger partial charge in [0.2, 0.25) is 0 Å². The number of anilines is 3. The number of para-hydroxylation sites is 4. The third kappa shape index (κ3) is 5.87. The Balaban J connectivity index is 1.06. The summed E-state index contributed by atoms with van der Waals surface area (Å²) in [6.07, 6.45) is 7.47. The van der Waals surface area contributed by atoms with Gasteiger partial charge in [-0.2, -0.15) is 0 Å². The zero-order chi connectivity index (χ0) is 40.2. The molecule has 7 aromatic carbocycles. The van der Waals surface area contributed by atoms with Crippen LogP contribution in [-0.4, -0.2) is 18.7 Å². The summed E-state index contributed by atoms with van der Waals surface area (Å²) in [5.74, 6) is 0. The number of pyridine rings is 3. The van der Waals surface area contributed by atoms with Crippen LogP contribution in [0, 0.1) is 0 Å². The number of benzene rings is 7. The van der Waals surface area contributed by atoms with Crippen molar-refractivity contribution >= 4 is 60.7 Å². The molecule has 11 aromatic rings. The van der Waals surface area contributed by atoms with Gasteiger partial charge in [0.15, 0.2) is 10.9 Å². The largest absolute Gasteiger partial charge is 0.316 e. The van der Waals surface area contributed by atoms with E-state index in [1.807, 2.05) is 85.5 Å². The van der Waals surface area contributed by atoms with Crippen LogP contribution in [0.5, 0.6) is 0 Å². The number of hydrogen-bond acceptors (Lipinski definition) is 4. The molecule has 0 aliphatic carbocycles. The summed E-state index contributed by atoms with van der Waals surface area (Å²) in [6.45, 7) is 0. The Morgan fingerprint density at radius 1 is 0.383 bits per heavy atom. The highest BCUT2D eigenvalue weighted by Crippen LogP contribution is 2.40. The molecule has 4 aromatic heterocycles. The minimum Gasteiger partial charge on any atom is -0.316 e. The van der Waals surface area contributed by atoms with Crippen molar-refractivity contribution in [2.75, 3.05) is 4.90 Å². The highest BCUT2D eigenvalue weighted by Gasteiger charge is 2.18. The summed E-state index contributed by atoms with van der Waals surface area (Å²) in [5, 5.41) is 3.46. The van der Waals surface area contributed by atoms with Gasteiger partial charge in [0.05, 0.1) is 22.1 Å².